The Morgan fingerprint density at radius 1 is 1.44 bits per heavy atom. The Kier molecular flexibility index (Phi) is 4.56. The van der Waals surface area contributed by atoms with E-state index in [4.69, 9.17) is 5.73 Å². The predicted octanol–water partition coefficient (Wildman–Crippen LogP) is 2.20. The fourth-order valence-corrected chi connectivity index (χ4v) is 2.69. The van der Waals surface area contributed by atoms with E-state index in [9.17, 15) is 13.0 Å². The molecule has 0 bridgehead atoms. The van der Waals surface area contributed by atoms with Crippen LogP contribution in [0.5, 0.6) is 0 Å². The van der Waals surface area contributed by atoms with Gasteiger partial charge in [0.25, 0.3) is 0 Å². The fraction of sp³-hybridized carbons (Fsp3) is 0.455. The van der Waals surface area contributed by atoms with E-state index in [1.807, 2.05) is 6.92 Å². The molecule has 1 aromatic carbocycles. The van der Waals surface area contributed by atoms with Gasteiger partial charge in [-0.05, 0) is 25.5 Å². The number of halogens is 2. The standard InChI is InChI=1S/C11H15F2NOS/c1-3-10(14)7(2)16(15)11-5-4-8(12)6-9(11)13/h4-7,10H,3,14H2,1-2H3. The van der Waals surface area contributed by atoms with Crippen LogP contribution >= 0.6 is 0 Å². The van der Waals surface area contributed by atoms with Crippen LogP contribution in [0.3, 0.4) is 0 Å². The predicted molar refractivity (Wildman–Crippen MR) is 60.5 cm³/mol. The first kappa shape index (κ1) is 13.3. The second-order valence-corrected chi connectivity index (χ2v) is 5.43. The molecular weight excluding hydrogens is 232 g/mol. The summed E-state index contributed by atoms with van der Waals surface area (Å²) < 4.78 is 38.0. The van der Waals surface area contributed by atoms with Crippen molar-refractivity contribution in [1.82, 2.24) is 0 Å². The van der Waals surface area contributed by atoms with Crippen molar-refractivity contribution in [2.24, 2.45) is 5.73 Å². The maximum Gasteiger partial charge on any atom is 0.142 e. The summed E-state index contributed by atoms with van der Waals surface area (Å²) in [6.45, 7) is 3.58. The van der Waals surface area contributed by atoms with Crippen LogP contribution in [0.4, 0.5) is 8.78 Å². The highest BCUT2D eigenvalue weighted by molar-refractivity contribution is 7.85. The van der Waals surface area contributed by atoms with Gasteiger partial charge in [-0.2, -0.15) is 0 Å². The molecule has 0 aliphatic carbocycles. The van der Waals surface area contributed by atoms with Gasteiger partial charge in [0.2, 0.25) is 0 Å². The van der Waals surface area contributed by atoms with E-state index in [1.165, 1.54) is 6.07 Å². The van der Waals surface area contributed by atoms with E-state index in [-0.39, 0.29) is 16.2 Å². The lowest BCUT2D eigenvalue weighted by Gasteiger charge is -2.17. The van der Waals surface area contributed by atoms with Gasteiger partial charge in [0.1, 0.15) is 11.6 Å². The minimum absolute atomic E-state index is 0.0119. The summed E-state index contributed by atoms with van der Waals surface area (Å²) >= 11 is 0. The van der Waals surface area contributed by atoms with E-state index in [1.54, 1.807) is 6.92 Å². The molecule has 2 N–H and O–H groups in total. The Morgan fingerprint density at radius 2 is 2.06 bits per heavy atom. The summed E-state index contributed by atoms with van der Waals surface area (Å²) in [5.74, 6) is -1.46. The summed E-state index contributed by atoms with van der Waals surface area (Å²) in [6, 6.07) is 2.78. The number of benzene rings is 1. The number of hydrogen-bond donors (Lipinski definition) is 1. The summed E-state index contributed by atoms with van der Waals surface area (Å²) in [7, 11) is -1.54. The zero-order valence-corrected chi connectivity index (χ0v) is 10.1. The molecule has 2 nitrogen and oxygen atoms in total. The molecule has 0 saturated heterocycles. The largest absolute Gasteiger partial charge is 0.327 e. The Labute approximate surface area is 96.3 Å². The van der Waals surface area contributed by atoms with Crippen molar-refractivity contribution >= 4 is 10.8 Å². The highest BCUT2D eigenvalue weighted by Crippen LogP contribution is 2.18. The van der Waals surface area contributed by atoms with Gasteiger partial charge in [-0.3, -0.25) is 4.21 Å². The summed E-state index contributed by atoms with van der Waals surface area (Å²) in [5.41, 5.74) is 5.75. The van der Waals surface area contributed by atoms with Crippen LogP contribution in [0.1, 0.15) is 20.3 Å². The topological polar surface area (TPSA) is 43.1 Å². The lowest BCUT2D eigenvalue weighted by molar-refractivity contribution is 0.557. The highest BCUT2D eigenvalue weighted by Gasteiger charge is 2.21. The van der Waals surface area contributed by atoms with E-state index in [0.29, 0.717) is 6.42 Å². The second kappa shape index (κ2) is 5.50. The summed E-state index contributed by atoms with van der Waals surface area (Å²) in [4.78, 5) is 0.0119. The fourth-order valence-electron chi connectivity index (χ4n) is 1.33. The van der Waals surface area contributed by atoms with Crippen molar-refractivity contribution < 1.29 is 13.0 Å². The third-order valence-electron chi connectivity index (χ3n) is 2.52. The summed E-state index contributed by atoms with van der Waals surface area (Å²) in [5, 5.41) is -0.357. The van der Waals surface area contributed by atoms with E-state index >= 15 is 0 Å². The van der Waals surface area contributed by atoms with Gasteiger partial charge < -0.3 is 5.73 Å². The average Bonchev–Trinajstić information content (AvgIpc) is 2.26. The van der Waals surface area contributed by atoms with Gasteiger partial charge in [0.15, 0.2) is 0 Å². The molecule has 16 heavy (non-hydrogen) atoms. The van der Waals surface area contributed by atoms with Crippen molar-refractivity contribution in [3.63, 3.8) is 0 Å². The van der Waals surface area contributed by atoms with E-state index in [2.05, 4.69) is 0 Å². The van der Waals surface area contributed by atoms with Crippen molar-refractivity contribution in [1.29, 1.82) is 0 Å². The van der Waals surface area contributed by atoms with Gasteiger partial charge >= 0.3 is 0 Å². The molecule has 1 rings (SSSR count). The van der Waals surface area contributed by atoms with Crippen LogP contribution in [0, 0.1) is 11.6 Å². The molecule has 0 amide bonds. The zero-order valence-electron chi connectivity index (χ0n) is 9.24. The maximum atomic E-state index is 13.4. The first-order chi connectivity index (χ1) is 7.47. The lowest BCUT2D eigenvalue weighted by Crippen LogP contribution is -2.35. The molecule has 0 aromatic heterocycles. The van der Waals surface area contributed by atoms with Crippen molar-refractivity contribution in [3.05, 3.63) is 29.8 Å². The molecule has 0 saturated carbocycles. The third kappa shape index (κ3) is 2.86. The molecule has 5 heteroatoms. The molecule has 0 heterocycles. The Balaban J connectivity index is 2.96. The van der Waals surface area contributed by atoms with Crippen LogP contribution in [-0.2, 0) is 10.8 Å². The quantitative estimate of drug-likeness (QED) is 0.886. The van der Waals surface area contributed by atoms with Crippen molar-refractivity contribution in [2.45, 2.75) is 36.5 Å². The smallest absolute Gasteiger partial charge is 0.142 e. The average molecular weight is 247 g/mol. The van der Waals surface area contributed by atoms with Gasteiger partial charge in [-0.25, -0.2) is 8.78 Å². The Morgan fingerprint density at radius 3 is 2.56 bits per heavy atom. The molecule has 0 radical (unpaired) electrons. The molecule has 0 aliphatic heterocycles. The Bertz CT molecular complexity index is 398. The normalized spacial score (nSPS) is 16.8. The van der Waals surface area contributed by atoms with Crippen LogP contribution < -0.4 is 5.73 Å². The minimum atomic E-state index is -1.54. The molecule has 0 fully saturated rings. The molecule has 0 aliphatic rings. The van der Waals surface area contributed by atoms with Crippen LogP contribution in [-0.4, -0.2) is 15.5 Å². The second-order valence-electron chi connectivity index (χ2n) is 3.65. The number of nitrogens with two attached hydrogens (primary N) is 1. The van der Waals surface area contributed by atoms with Crippen molar-refractivity contribution in [3.8, 4) is 0 Å². The van der Waals surface area contributed by atoms with Gasteiger partial charge in [-0.15, -0.1) is 0 Å². The van der Waals surface area contributed by atoms with Crippen molar-refractivity contribution in [2.75, 3.05) is 0 Å². The monoisotopic (exact) mass is 247 g/mol. The van der Waals surface area contributed by atoms with Gasteiger partial charge in [-0.1, -0.05) is 6.92 Å². The third-order valence-corrected chi connectivity index (χ3v) is 4.31. The molecular formula is C11H15F2NOS. The molecule has 3 atom stereocenters. The van der Waals surface area contributed by atoms with E-state index in [0.717, 1.165) is 12.1 Å². The SMILES string of the molecule is CCC(N)C(C)S(=O)c1ccc(F)cc1F. The van der Waals surface area contributed by atoms with Gasteiger partial charge in [0, 0.05) is 12.1 Å². The molecule has 0 spiro atoms. The first-order valence-electron chi connectivity index (χ1n) is 5.08. The molecule has 3 unspecified atom stereocenters. The number of rotatable bonds is 4. The molecule has 90 valence electrons. The molecule has 1 aromatic rings. The zero-order chi connectivity index (χ0) is 12.3. The Hall–Kier alpha value is -0.810. The summed E-state index contributed by atoms with van der Waals surface area (Å²) in [6.07, 6.45) is 0.662. The minimum Gasteiger partial charge on any atom is -0.327 e. The number of hydrogen-bond acceptors (Lipinski definition) is 2. The van der Waals surface area contributed by atoms with Gasteiger partial charge in [0.05, 0.1) is 20.9 Å². The van der Waals surface area contributed by atoms with E-state index < -0.39 is 22.4 Å². The lowest BCUT2D eigenvalue weighted by atomic mass is 10.2. The first-order valence-corrected chi connectivity index (χ1v) is 6.29. The van der Waals surface area contributed by atoms with Crippen LogP contribution in [0.2, 0.25) is 0 Å². The maximum absolute atomic E-state index is 13.4. The van der Waals surface area contributed by atoms with Crippen LogP contribution in [0.25, 0.3) is 0 Å². The van der Waals surface area contributed by atoms with Crippen LogP contribution in [0.15, 0.2) is 23.1 Å². The highest BCUT2D eigenvalue weighted by atomic mass is 32.2.